The van der Waals surface area contributed by atoms with Crippen LogP contribution >= 0.6 is 11.8 Å². The minimum Gasteiger partial charge on any atom is -0.483 e. The number of nitrogens with two attached hydrogens (primary N) is 1. The predicted molar refractivity (Wildman–Crippen MR) is 64.6 cm³/mol. The summed E-state index contributed by atoms with van der Waals surface area (Å²) in [5, 5.41) is 8.55. The van der Waals surface area contributed by atoms with Crippen molar-refractivity contribution in [1.82, 2.24) is 0 Å². The summed E-state index contributed by atoms with van der Waals surface area (Å²) in [6.45, 7) is 0. The second kappa shape index (κ2) is 7.14. The maximum atomic E-state index is 10.4. The minimum absolute atomic E-state index is 0.456. The third-order valence-electron chi connectivity index (χ3n) is 1.94. The summed E-state index contributed by atoms with van der Waals surface area (Å²) >= 11 is 1.53. The van der Waals surface area contributed by atoms with Crippen LogP contribution in [0.25, 0.3) is 0 Å². The van der Waals surface area contributed by atoms with Gasteiger partial charge >= 0.3 is 5.97 Å². The maximum Gasteiger partial charge on any atom is 0.320 e. The van der Waals surface area contributed by atoms with Gasteiger partial charge < -0.3 is 15.6 Å². The van der Waals surface area contributed by atoms with E-state index in [-0.39, 0.29) is 0 Å². The number of para-hydroxylation sites is 1. The van der Waals surface area contributed by atoms with E-state index in [1.807, 2.05) is 30.3 Å². The molecule has 4 nitrogen and oxygen atoms in total. The van der Waals surface area contributed by atoms with Gasteiger partial charge in [0, 0.05) is 0 Å². The van der Waals surface area contributed by atoms with E-state index in [1.54, 1.807) is 0 Å². The Bertz CT molecular complexity index is 318. The molecule has 0 aliphatic heterocycles. The van der Waals surface area contributed by atoms with Crippen molar-refractivity contribution in [3.63, 3.8) is 0 Å². The van der Waals surface area contributed by atoms with Crippen molar-refractivity contribution in [1.29, 1.82) is 0 Å². The van der Waals surface area contributed by atoms with Crippen LogP contribution in [0.1, 0.15) is 6.42 Å². The molecule has 0 radical (unpaired) electrons. The minimum atomic E-state index is -0.954. The normalized spacial score (nSPS) is 12.1. The Morgan fingerprint density at radius 2 is 2.12 bits per heavy atom. The molecule has 5 heteroatoms. The van der Waals surface area contributed by atoms with Gasteiger partial charge in [-0.15, -0.1) is 11.8 Å². The number of hydrogen-bond acceptors (Lipinski definition) is 4. The topological polar surface area (TPSA) is 72.5 Å². The Labute approximate surface area is 98.8 Å². The molecule has 0 amide bonds. The lowest BCUT2D eigenvalue weighted by Crippen LogP contribution is -2.30. The van der Waals surface area contributed by atoms with Crippen LogP contribution in [-0.4, -0.2) is 28.8 Å². The average Bonchev–Trinajstić information content (AvgIpc) is 2.29. The fourth-order valence-electron chi connectivity index (χ4n) is 1.02. The number of aliphatic carboxylic acids is 1. The average molecular weight is 241 g/mol. The van der Waals surface area contributed by atoms with Gasteiger partial charge in [0.2, 0.25) is 0 Å². The van der Waals surface area contributed by atoms with Crippen molar-refractivity contribution < 1.29 is 14.6 Å². The van der Waals surface area contributed by atoms with E-state index in [9.17, 15) is 4.79 Å². The van der Waals surface area contributed by atoms with E-state index in [2.05, 4.69) is 0 Å². The van der Waals surface area contributed by atoms with Crippen LogP contribution in [0.3, 0.4) is 0 Å². The molecule has 1 atom stereocenters. The second-order valence-corrected chi connectivity index (χ2v) is 4.27. The Kier molecular flexibility index (Phi) is 5.74. The summed E-state index contributed by atoms with van der Waals surface area (Å²) in [6.07, 6.45) is 0.456. The molecule has 88 valence electrons. The van der Waals surface area contributed by atoms with Gasteiger partial charge in [0.15, 0.2) is 0 Å². The molecule has 0 bridgehead atoms. The van der Waals surface area contributed by atoms with Crippen LogP contribution < -0.4 is 10.5 Å². The maximum absolute atomic E-state index is 10.4. The first-order valence-corrected chi connectivity index (χ1v) is 6.09. The fraction of sp³-hybridized carbons (Fsp3) is 0.364. The van der Waals surface area contributed by atoms with Crippen molar-refractivity contribution in [3.05, 3.63) is 30.3 Å². The first kappa shape index (κ1) is 12.9. The number of thioether (sulfide) groups is 1. The first-order chi connectivity index (χ1) is 7.70. The molecule has 0 spiro atoms. The van der Waals surface area contributed by atoms with E-state index < -0.39 is 12.0 Å². The Morgan fingerprint density at radius 1 is 1.44 bits per heavy atom. The van der Waals surface area contributed by atoms with Crippen LogP contribution in [0.15, 0.2) is 30.3 Å². The number of hydrogen-bond donors (Lipinski definition) is 2. The lowest BCUT2D eigenvalue weighted by Gasteiger charge is -2.07. The van der Waals surface area contributed by atoms with E-state index >= 15 is 0 Å². The molecule has 0 saturated carbocycles. The molecule has 3 N–H and O–H groups in total. The number of carbonyl (C=O) groups is 1. The van der Waals surface area contributed by atoms with Crippen LogP contribution in [0, 0.1) is 0 Å². The zero-order chi connectivity index (χ0) is 11.8. The largest absolute Gasteiger partial charge is 0.483 e. The number of rotatable bonds is 7. The van der Waals surface area contributed by atoms with Gasteiger partial charge in [0.1, 0.15) is 17.7 Å². The SMILES string of the molecule is N[C@@H](CCSCOc1ccccc1)C(=O)O. The van der Waals surface area contributed by atoms with Crippen molar-refractivity contribution in [2.45, 2.75) is 12.5 Å². The molecular formula is C11H15NO3S. The summed E-state index contributed by atoms with van der Waals surface area (Å²) in [5.74, 6) is 1.05. The summed E-state index contributed by atoms with van der Waals surface area (Å²) < 4.78 is 5.42. The standard InChI is InChI=1S/C11H15NO3S/c12-10(11(13)14)6-7-16-8-15-9-4-2-1-3-5-9/h1-5,10H,6-8,12H2,(H,13,14)/t10-/m0/s1. The van der Waals surface area contributed by atoms with Gasteiger partial charge in [-0.25, -0.2) is 0 Å². The van der Waals surface area contributed by atoms with Gasteiger partial charge in [-0.2, -0.15) is 0 Å². The second-order valence-electron chi connectivity index (χ2n) is 3.22. The molecular weight excluding hydrogens is 226 g/mol. The predicted octanol–water partition coefficient (Wildman–Crippen LogP) is 1.56. The molecule has 1 aromatic carbocycles. The van der Waals surface area contributed by atoms with Crippen LogP contribution in [0.5, 0.6) is 5.75 Å². The summed E-state index contributed by atoms with van der Waals surface area (Å²) in [4.78, 5) is 10.4. The van der Waals surface area contributed by atoms with Gasteiger partial charge in [0.05, 0.1) is 0 Å². The zero-order valence-corrected chi connectivity index (χ0v) is 9.65. The van der Waals surface area contributed by atoms with Crippen LogP contribution in [0.2, 0.25) is 0 Å². The smallest absolute Gasteiger partial charge is 0.320 e. The third-order valence-corrected chi connectivity index (χ3v) is 2.75. The lowest BCUT2D eigenvalue weighted by molar-refractivity contribution is -0.138. The number of carboxylic acids is 1. The fourth-order valence-corrected chi connectivity index (χ4v) is 1.78. The van der Waals surface area contributed by atoms with E-state index in [1.165, 1.54) is 11.8 Å². The Morgan fingerprint density at radius 3 is 2.75 bits per heavy atom. The van der Waals surface area contributed by atoms with Gasteiger partial charge in [-0.05, 0) is 24.3 Å². The molecule has 0 fully saturated rings. The van der Waals surface area contributed by atoms with E-state index in [0.29, 0.717) is 18.1 Å². The molecule has 0 aliphatic rings. The highest BCUT2D eigenvalue weighted by molar-refractivity contribution is 7.99. The summed E-state index contributed by atoms with van der Waals surface area (Å²) in [5.41, 5.74) is 5.36. The van der Waals surface area contributed by atoms with Crippen molar-refractivity contribution >= 4 is 17.7 Å². The Hall–Kier alpha value is -1.20. The quantitative estimate of drug-likeness (QED) is 0.560. The van der Waals surface area contributed by atoms with Crippen LogP contribution in [-0.2, 0) is 4.79 Å². The lowest BCUT2D eigenvalue weighted by atomic mass is 10.2. The summed E-state index contributed by atoms with van der Waals surface area (Å²) in [7, 11) is 0. The molecule has 0 aliphatic carbocycles. The summed E-state index contributed by atoms with van der Waals surface area (Å²) in [6, 6.07) is 8.71. The zero-order valence-electron chi connectivity index (χ0n) is 8.83. The highest BCUT2D eigenvalue weighted by Gasteiger charge is 2.10. The molecule has 0 unspecified atom stereocenters. The highest BCUT2D eigenvalue weighted by atomic mass is 32.2. The molecule has 0 aromatic heterocycles. The van der Waals surface area contributed by atoms with Crippen molar-refractivity contribution in [2.24, 2.45) is 5.73 Å². The number of benzene rings is 1. The first-order valence-electron chi connectivity index (χ1n) is 4.94. The molecule has 1 aromatic rings. The molecule has 0 saturated heterocycles. The third kappa shape index (κ3) is 5.04. The molecule has 0 heterocycles. The van der Waals surface area contributed by atoms with E-state index in [0.717, 1.165) is 5.75 Å². The van der Waals surface area contributed by atoms with Crippen molar-refractivity contribution in [2.75, 3.05) is 11.7 Å². The van der Waals surface area contributed by atoms with Crippen LogP contribution in [0.4, 0.5) is 0 Å². The van der Waals surface area contributed by atoms with Crippen molar-refractivity contribution in [3.8, 4) is 5.75 Å². The monoisotopic (exact) mass is 241 g/mol. The number of carboxylic acid groups (broad SMARTS) is 1. The van der Waals surface area contributed by atoms with Gasteiger partial charge in [-0.3, -0.25) is 4.79 Å². The van der Waals surface area contributed by atoms with E-state index in [4.69, 9.17) is 15.6 Å². The number of ether oxygens (including phenoxy) is 1. The highest BCUT2D eigenvalue weighted by Crippen LogP contribution is 2.12. The molecule has 16 heavy (non-hydrogen) atoms. The van der Waals surface area contributed by atoms with Gasteiger partial charge in [0.25, 0.3) is 0 Å². The van der Waals surface area contributed by atoms with Gasteiger partial charge in [-0.1, -0.05) is 18.2 Å². The molecule has 1 rings (SSSR count). The Balaban J connectivity index is 2.07.